The fraction of sp³-hybridized carbons (Fsp3) is 0. The second-order valence-electron chi connectivity index (χ2n) is 11.1. The monoisotopic (exact) mass is 626 g/mol. The topological polar surface area (TPSA) is 69.9 Å². The number of para-hydroxylation sites is 1. The Hall–Kier alpha value is -6.15. The molecule has 4 nitrogen and oxygen atoms in total. The largest absolute Gasteiger partial charge is 0.398 e. The summed E-state index contributed by atoms with van der Waals surface area (Å²) >= 11 is 0. The van der Waals surface area contributed by atoms with Gasteiger partial charge >= 0.3 is 0 Å². The van der Waals surface area contributed by atoms with Gasteiger partial charge in [-0.25, -0.2) is 17.6 Å². The van der Waals surface area contributed by atoms with Gasteiger partial charge in [0.2, 0.25) is 0 Å². The van der Waals surface area contributed by atoms with Crippen LogP contribution in [0.25, 0.3) is 61.1 Å². The van der Waals surface area contributed by atoms with Crippen molar-refractivity contribution < 1.29 is 17.6 Å². The standard InChI is InChI=1S/C39H26F4N4/c40-28-14-26(15-29(41)20-28)23-7-11-38-33(18-23)34-19-24(27-16-30(42)21-31(43)17-27)8-12-39(34)47(38)37-6-2-1-5-32(37)36(45)10-9-35(44)25-4-3-13-46-22-25/h1-22H,44-45H2/b35-9-,36-10-. The van der Waals surface area contributed by atoms with Crippen LogP contribution in [-0.4, -0.2) is 9.55 Å². The van der Waals surface area contributed by atoms with Gasteiger partial charge in [-0.15, -0.1) is 0 Å². The molecule has 0 unspecified atom stereocenters. The van der Waals surface area contributed by atoms with Crippen LogP contribution < -0.4 is 11.5 Å². The van der Waals surface area contributed by atoms with Gasteiger partial charge in [0.25, 0.3) is 0 Å². The molecule has 0 aliphatic rings. The van der Waals surface area contributed by atoms with Gasteiger partial charge in [-0.3, -0.25) is 4.98 Å². The molecule has 47 heavy (non-hydrogen) atoms. The van der Waals surface area contributed by atoms with Crippen LogP contribution in [0.3, 0.4) is 0 Å². The number of hydrogen-bond acceptors (Lipinski definition) is 3. The Bertz CT molecular complexity index is 2230. The summed E-state index contributed by atoms with van der Waals surface area (Å²) in [4.78, 5) is 4.11. The molecule has 0 aliphatic carbocycles. The molecule has 0 aliphatic heterocycles. The van der Waals surface area contributed by atoms with E-state index in [1.807, 2.05) is 59.2 Å². The van der Waals surface area contributed by atoms with Gasteiger partial charge in [-0.05, 0) is 101 Å². The SMILES string of the molecule is N/C(=C\C=C(/N)c1ccccc1-n1c2ccc(-c3cc(F)cc(F)c3)cc2c2cc(-c3cc(F)cc(F)c3)ccc21)c1cccnc1. The van der Waals surface area contributed by atoms with Gasteiger partial charge in [0.05, 0.1) is 16.7 Å². The van der Waals surface area contributed by atoms with Crippen LogP contribution in [0, 0.1) is 23.3 Å². The molecule has 0 spiro atoms. The maximum absolute atomic E-state index is 14.2. The molecule has 7 aromatic rings. The van der Waals surface area contributed by atoms with Crippen LogP contribution in [-0.2, 0) is 0 Å². The summed E-state index contributed by atoms with van der Waals surface area (Å²) in [5.41, 5.74) is 19.7. The predicted molar refractivity (Wildman–Crippen MR) is 180 cm³/mol. The number of hydrogen-bond donors (Lipinski definition) is 2. The van der Waals surface area contributed by atoms with Crippen molar-refractivity contribution in [2.24, 2.45) is 11.5 Å². The lowest BCUT2D eigenvalue weighted by Gasteiger charge is -2.14. The summed E-state index contributed by atoms with van der Waals surface area (Å²) in [6.45, 7) is 0. The molecular weight excluding hydrogens is 600 g/mol. The first-order valence-electron chi connectivity index (χ1n) is 14.7. The van der Waals surface area contributed by atoms with Crippen molar-refractivity contribution in [2.75, 3.05) is 0 Å². The Morgan fingerprint density at radius 2 is 1.09 bits per heavy atom. The van der Waals surface area contributed by atoms with Crippen molar-refractivity contribution in [3.8, 4) is 27.9 Å². The number of nitrogens with zero attached hydrogens (tertiary/aromatic N) is 2. The Balaban J connectivity index is 1.45. The number of benzene rings is 5. The van der Waals surface area contributed by atoms with Crippen LogP contribution in [0.2, 0.25) is 0 Å². The van der Waals surface area contributed by atoms with Crippen molar-refractivity contribution in [3.05, 3.63) is 168 Å². The van der Waals surface area contributed by atoms with Gasteiger partial charge < -0.3 is 16.0 Å². The van der Waals surface area contributed by atoms with E-state index in [0.29, 0.717) is 33.6 Å². The zero-order chi connectivity index (χ0) is 32.7. The summed E-state index contributed by atoms with van der Waals surface area (Å²) in [5, 5.41) is 1.53. The molecule has 8 heteroatoms. The minimum atomic E-state index is -0.688. The lowest BCUT2D eigenvalue weighted by molar-refractivity contribution is 0.583. The van der Waals surface area contributed by atoms with Crippen molar-refractivity contribution >= 4 is 33.2 Å². The van der Waals surface area contributed by atoms with E-state index in [-0.39, 0.29) is 0 Å². The summed E-state index contributed by atoms with van der Waals surface area (Å²) in [6.07, 6.45) is 6.80. The molecule has 230 valence electrons. The maximum atomic E-state index is 14.2. The van der Waals surface area contributed by atoms with E-state index in [4.69, 9.17) is 11.5 Å². The molecule has 0 saturated carbocycles. The second-order valence-corrected chi connectivity index (χ2v) is 11.1. The van der Waals surface area contributed by atoms with E-state index in [2.05, 4.69) is 4.98 Å². The van der Waals surface area contributed by atoms with Crippen molar-refractivity contribution in [2.45, 2.75) is 0 Å². The quantitative estimate of drug-likeness (QED) is 0.143. The molecule has 0 atom stereocenters. The number of pyridine rings is 1. The molecule has 7 rings (SSSR count). The van der Waals surface area contributed by atoms with E-state index in [0.717, 1.165) is 50.8 Å². The lowest BCUT2D eigenvalue weighted by atomic mass is 10.00. The number of aromatic nitrogens is 2. The zero-order valence-electron chi connectivity index (χ0n) is 24.8. The highest BCUT2D eigenvalue weighted by Gasteiger charge is 2.18. The fourth-order valence-corrected chi connectivity index (χ4v) is 5.89. The first-order valence-corrected chi connectivity index (χ1v) is 14.7. The maximum Gasteiger partial charge on any atom is 0.126 e. The predicted octanol–water partition coefficient (Wildman–Crippen LogP) is 9.37. The fourth-order valence-electron chi connectivity index (χ4n) is 5.89. The van der Waals surface area contributed by atoms with E-state index in [1.54, 1.807) is 42.7 Å². The van der Waals surface area contributed by atoms with Gasteiger partial charge in [0.15, 0.2) is 0 Å². The van der Waals surface area contributed by atoms with E-state index in [1.165, 1.54) is 24.3 Å². The highest BCUT2D eigenvalue weighted by molar-refractivity contribution is 6.12. The number of rotatable bonds is 6. The molecule has 5 aromatic carbocycles. The van der Waals surface area contributed by atoms with Crippen LogP contribution in [0.4, 0.5) is 17.6 Å². The second kappa shape index (κ2) is 12.0. The Morgan fingerprint density at radius 3 is 1.62 bits per heavy atom. The van der Waals surface area contributed by atoms with Gasteiger partial charge in [-0.2, -0.15) is 0 Å². The molecule has 2 aromatic heterocycles. The Kier molecular flexibility index (Phi) is 7.53. The molecule has 4 N–H and O–H groups in total. The number of fused-ring (bicyclic) bond motifs is 3. The van der Waals surface area contributed by atoms with Crippen LogP contribution >= 0.6 is 0 Å². The average Bonchev–Trinajstić information content (AvgIpc) is 3.39. The van der Waals surface area contributed by atoms with Crippen LogP contribution in [0.1, 0.15) is 11.1 Å². The number of halogens is 4. The van der Waals surface area contributed by atoms with Crippen molar-refractivity contribution in [1.82, 2.24) is 9.55 Å². The normalized spacial score (nSPS) is 12.3. The smallest absolute Gasteiger partial charge is 0.126 e. The van der Waals surface area contributed by atoms with Crippen molar-refractivity contribution in [1.29, 1.82) is 0 Å². The third-order valence-corrected chi connectivity index (χ3v) is 8.05. The molecule has 0 radical (unpaired) electrons. The van der Waals surface area contributed by atoms with Crippen LogP contribution in [0.15, 0.2) is 134 Å². The van der Waals surface area contributed by atoms with Crippen molar-refractivity contribution in [3.63, 3.8) is 0 Å². The van der Waals surface area contributed by atoms with Gasteiger partial charge in [-0.1, -0.05) is 30.3 Å². The molecule has 0 bridgehead atoms. The first kappa shape index (κ1) is 29.6. The summed E-state index contributed by atoms with van der Waals surface area (Å²) in [5.74, 6) is -2.75. The molecular formula is C39H26F4N4. The Morgan fingerprint density at radius 1 is 0.553 bits per heavy atom. The minimum Gasteiger partial charge on any atom is -0.398 e. The van der Waals surface area contributed by atoms with Crippen LogP contribution in [0.5, 0.6) is 0 Å². The molecule has 0 amide bonds. The summed E-state index contributed by atoms with van der Waals surface area (Å²) < 4.78 is 58.9. The molecule has 0 saturated heterocycles. The Labute approximate surface area is 267 Å². The van der Waals surface area contributed by atoms with E-state index in [9.17, 15) is 17.6 Å². The zero-order valence-corrected chi connectivity index (χ0v) is 24.8. The lowest BCUT2D eigenvalue weighted by Crippen LogP contribution is -2.04. The number of allylic oxidation sites excluding steroid dienone is 2. The van der Waals surface area contributed by atoms with Gasteiger partial charge in [0.1, 0.15) is 23.3 Å². The third kappa shape index (κ3) is 5.73. The highest BCUT2D eigenvalue weighted by Crippen LogP contribution is 2.38. The summed E-state index contributed by atoms with van der Waals surface area (Å²) in [7, 11) is 0. The van der Waals surface area contributed by atoms with Gasteiger partial charge in [0, 0.05) is 57.8 Å². The molecule has 2 heterocycles. The minimum absolute atomic E-state index is 0.374. The third-order valence-electron chi connectivity index (χ3n) is 8.05. The van der Waals surface area contributed by atoms with E-state index < -0.39 is 23.3 Å². The average molecular weight is 627 g/mol. The number of nitrogens with two attached hydrogens (primary N) is 2. The highest BCUT2D eigenvalue weighted by atomic mass is 19.1. The molecule has 0 fully saturated rings. The first-order chi connectivity index (χ1) is 22.7. The van der Waals surface area contributed by atoms with E-state index >= 15 is 0 Å². The summed E-state index contributed by atoms with van der Waals surface area (Å²) in [6, 6.07) is 29.1.